The first kappa shape index (κ1) is 15.1. The van der Waals surface area contributed by atoms with Gasteiger partial charge >= 0.3 is 0 Å². The van der Waals surface area contributed by atoms with Gasteiger partial charge in [-0.2, -0.15) is 0 Å². The summed E-state index contributed by atoms with van der Waals surface area (Å²) in [5.74, 6) is 0.606. The van der Waals surface area contributed by atoms with Crippen molar-refractivity contribution in [1.82, 2.24) is 14.7 Å². The van der Waals surface area contributed by atoms with Crippen LogP contribution in [0.5, 0.6) is 0 Å². The second-order valence-electron chi connectivity index (χ2n) is 5.60. The number of hydrogen-bond donors (Lipinski definition) is 0. The molecule has 18 heavy (non-hydrogen) atoms. The van der Waals surface area contributed by atoms with Gasteiger partial charge in [0, 0.05) is 19.0 Å². The van der Waals surface area contributed by atoms with E-state index in [1.807, 2.05) is 42.9 Å². The van der Waals surface area contributed by atoms with E-state index in [4.69, 9.17) is 0 Å². The number of rotatable bonds is 5. The van der Waals surface area contributed by atoms with E-state index in [-0.39, 0.29) is 11.8 Å². The van der Waals surface area contributed by atoms with Gasteiger partial charge in [0.15, 0.2) is 0 Å². The Morgan fingerprint density at radius 3 is 1.94 bits per heavy atom. The maximum atomic E-state index is 11.9. The van der Waals surface area contributed by atoms with Gasteiger partial charge in [0.05, 0.1) is 13.1 Å². The van der Waals surface area contributed by atoms with Crippen molar-refractivity contribution >= 4 is 11.7 Å². The van der Waals surface area contributed by atoms with Gasteiger partial charge in [-0.25, -0.2) is 0 Å². The quantitative estimate of drug-likeness (QED) is 0.689. The summed E-state index contributed by atoms with van der Waals surface area (Å²) in [5, 5.41) is 0. The lowest BCUT2D eigenvalue weighted by Gasteiger charge is -2.32. The van der Waals surface area contributed by atoms with Crippen LogP contribution in [0.4, 0.5) is 0 Å². The van der Waals surface area contributed by atoms with Crippen molar-refractivity contribution in [3.8, 4) is 0 Å². The van der Waals surface area contributed by atoms with Gasteiger partial charge in [-0.05, 0) is 41.0 Å². The predicted molar refractivity (Wildman–Crippen MR) is 71.4 cm³/mol. The van der Waals surface area contributed by atoms with Crippen LogP contribution in [0.25, 0.3) is 0 Å². The van der Waals surface area contributed by atoms with Crippen molar-refractivity contribution in [3.63, 3.8) is 0 Å². The number of Topliss-reactive ketones (excluding diaryl/α,β-unsaturated/α-hetero) is 1. The van der Waals surface area contributed by atoms with Crippen LogP contribution in [-0.4, -0.2) is 80.8 Å². The SMILES string of the molecule is CN(C)CC(=O)C1CCN(C(=O)CN(C)C)CC1. The second-order valence-corrected chi connectivity index (χ2v) is 5.60. The lowest BCUT2D eigenvalue weighted by molar-refractivity contribution is -0.135. The summed E-state index contributed by atoms with van der Waals surface area (Å²) in [6.07, 6.45) is 1.62. The molecule has 0 radical (unpaired) electrons. The summed E-state index contributed by atoms with van der Waals surface area (Å²) in [6.45, 7) is 2.40. The van der Waals surface area contributed by atoms with Gasteiger partial charge in [0.25, 0.3) is 0 Å². The lowest BCUT2D eigenvalue weighted by atomic mass is 9.92. The van der Waals surface area contributed by atoms with Gasteiger partial charge in [-0.15, -0.1) is 0 Å². The number of nitrogens with zero attached hydrogens (tertiary/aromatic N) is 3. The predicted octanol–water partition coefficient (Wildman–Crippen LogP) is -0.0827. The molecule has 1 rings (SSSR count). The number of ketones is 1. The Hall–Kier alpha value is -0.940. The fourth-order valence-corrected chi connectivity index (χ4v) is 2.26. The van der Waals surface area contributed by atoms with Crippen LogP contribution < -0.4 is 0 Å². The maximum Gasteiger partial charge on any atom is 0.236 e. The van der Waals surface area contributed by atoms with E-state index in [0.29, 0.717) is 18.9 Å². The molecule has 1 amide bonds. The van der Waals surface area contributed by atoms with Gasteiger partial charge in [0.1, 0.15) is 5.78 Å². The summed E-state index contributed by atoms with van der Waals surface area (Å²) in [6, 6.07) is 0. The lowest BCUT2D eigenvalue weighted by Crippen LogP contribution is -2.44. The molecular weight excluding hydrogens is 230 g/mol. The molecule has 5 heteroatoms. The Balaban J connectivity index is 2.36. The van der Waals surface area contributed by atoms with Crippen molar-refractivity contribution in [3.05, 3.63) is 0 Å². The molecule has 1 saturated heterocycles. The van der Waals surface area contributed by atoms with Crippen molar-refractivity contribution in [2.24, 2.45) is 5.92 Å². The third-order valence-corrected chi connectivity index (χ3v) is 3.23. The van der Waals surface area contributed by atoms with Gasteiger partial charge < -0.3 is 14.7 Å². The van der Waals surface area contributed by atoms with Crippen LogP contribution in [0.1, 0.15) is 12.8 Å². The first-order chi connectivity index (χ1) is 8.40. The minimum Gasteiger partial charge on any atom is -0.342 e. The number of likely N-dealkylation sites (tertiary alicyclic amines) is 1. The van der Waals surface area contributed by atoms with Crippen molar-refractivity contribution in [2.75, 3.05) is 54.4 Å². The molecule has 0 aromatic rings. The summed E-state index contributed by atoms with van der Waals surface area (Å²) < 4.78 is 0. The summed E-state index contributed by atoms with van der Waals surface area (Å²) in [5.41, 5.74) is 0. The Labute approximate surface area is 110 Å². The largest absolute Gasteiger partial charge is 0.342 e. The molecule has 104 valence electrons. The van der Waals surface area contributed by atoms with Crippen LogP contribution in [0, 0.1) is 5.92 Å². The molecule has 0 unspecified atom stereocenters. The molecule has 1 aliphatic heterocycles. The standard InChI is InChI=1S/C13H25N3O2/c1-14(2)9-12(17)11-5-7-16(8-6-11)13(18)10-15(3)4/h11H,5-10H2,1-4H3. The monoisotopic (exact) mass is 255 g/mol. The smallest absolute Gasteiger partial charge is 0.236 e. The first-order valence-electron chi connectivity index (χ1n) is 6.50. The number of hydrogen-bond acceptors (Lipinski definition) is 4. The number of likely N-dealkylation sites (N-methyl/N-ethyl adjacent to an activating group) is 2. The van der Waals surface area contributed by atoms with Crippen LogP contribution in [0.3, 0.4) is 0 Å². The zero-order valence-electron chi connectivity index (χ0n) is 12.0. The molecule has 1 fully saturated rings. The van der Waals surface area contributed by atoms with Crippen molar-refractivity contribution < 1.29 is 9.59 Å². The molecule has 0 aromatic heterocycles. The van der Waals surface area contributed by atoms with E-state index < -0.39 is 0 Å². The zero-order valence-corrected chi connectivity index (χ0v) is 12.0. The molecule has 0 atom stereocenters. The van der Waals surface area contributed by atoms with Crippen molar-refractivity contribution in [1.29, 1.82) is 0 Å². The Kier molecular flexibility index (Phi) is 5.75. The Morgan fingerprint density at radius 1 is 1.00 bits per heavy atom. The fraction of sp³-hybridized carbons (Fsp3) is 0.846. The van der Waals surface area contributed by atoms with Crippen molar-refractivity contribution in [2.45, 2.75) is 12.8 Å². The Bertz CT molecular complexity index is 265. The van der Waals surface area contributed by atoms with Crippen LogP contribution in [0.2, 0.25) is 0 Å². The minimum absolute atomic E-state index is 0.135. The molecule has 0 saturated carbocycles. The van der Waals surface area contributed by atoms with E-state index in [9.17, 15) is 9.59 Å². The highest BCUT2D eigenvalue weighted by Gasteiger charge is 2.27. The van der Waals surface area contributed by atoms with Crippen LogP contribution >= 0.6 is 0 Å². The molecule has 1 aliphatic rings. The molecule has 5 nitrogen and oxygen atoms in total. The molecule has 0 spiro atoms. The third kappa shape index (κ3) is 4.74. The van der Waals surface area contributed by atoms with Crippen LogP contribution in [0.15, 0.2) is 0 Å². The number of carbonyl (C=O) groups is 2. The maximum absolute atomic E-state index is 11.9. The summed E-state index contributed by atoms with van der Waals surface area (Å²) in [4.78, 5) is 29.4. The van der Waals surface area contributed by atoms with Gasteiger partial charge in [0.2, 0.25) is 5.91 Å². The third-order valence-electron chi connectivity index (χ3n) is 3.23. The van der Waals surface area contributed by atoms with E-state index in [1.165, 1.54) is 0 Å². The van der Waals surface area contributed by atoms with E-state index in [1.54, 1.807) is 0 Å². The molecule has 0 aromatic carbocycles. The van der Waals surface area contributed by atoms with E-state index in [0.717, 1.165) is 25.9 Å². The van der Waals surface area contributed by atoms with Gasteiger partial charge in [-0.1, -0.05) is 0 Å². The molecule has 0 N–H and O–H groups in total. The Morgan fingerprint density at radius 2 is 1.50 bits per heavy atom. The number of carbonyl (C=O) groups excluding carboxylic acids is 2. The fourth-order valence-electron chi connectivity index (χ4n) is 2.26. The average Bonchev–Trinajstić information content (AvgIpc) is 2.27. The second kappa shape index (κ2) is 6.85. The molecule has 1 heterocycles. The van der Waals surface area contributed by atoms with E-state index in [2.05, 4.69) is 0 Å². The average molecular weight is 255 g/mol. The molecule has 0 bridgehead atoms. The normalized spacial score (nSPS) is 17.6. The highest BCUT2D eigenvalue weighted by Crippen LogP contribution is 2.18. The molecular formula is C13H25N3O2. The van der Waals surface area contributed by atoms with Crippen LogP contribution in [-0.2, 0) is 9.59 Å². The van der Waals surface area contributed by atoms with Gasteiger partial charge in [-0.3, -0.25) is 9.59 Å². The summed E-state index contributed by atoms with van der Waals surface area (Å²) in [7, 11) is 7.61. The number of amides is 1. The molecule has 0 aliphatic carbocycles. The highest BCUT2D eigenvalue weighted by molar-refractivity contribution is 5.83. The highest BCUT2D eigenvalue weighted by atomic mass is 16.2. The number of piperidine rings is 1. The zero-order chi connectivity index (χ0) is 13.7. The van der Waals surface area contributed by atoms with E-state index >= 15 is 0 Å². The first-order valence-corrected chi connectivity index (χ1v) is 6.50. The topological polar surface area (TPSA) is 43.9 Å². The minimum atomic E-state index is 0.135. The summed E-state index contributed by atoms with van der Waals surface area (Å²) >= 11 is 0.